The van der Waals surface area contributed by atoms with E-state index in [0.29, 0.717) is 5.89 Å². The molecule has 4 heteroatoms. The zero-order valence-corrected chi connectivity index (χ0v) is 8.71. The molecule has 1 heterocycles. The molecule has 2 rings (SSSR count). The van der Waals surface area contributed by atoms with E-state index in [1.165, 1.54) is 0 Å². The van der Waals surface area contributed by atoms with E-state index in [1.54, 1.807) is 0 Å². The van der Waals surface area contributed by atoms with Gasteiger partial charge in [0, 0.05) is 4.47 Å². The molecule has 0 saturated heterocycles. The summed E-state index contributed by atoms with van der Waals surface area (Å²) < 4.78 is 6.42. The number of benzene rings is 1. The van der Waals surface area contributed by atoms with E-state index in [9.17, 15) is 0 Å². The molecule has 0 saturated carbocycles. The first-order valence-corrected chi connectivity index (χ1v) is 4.77. The molecule has 1 aromatic carbocycles. The molecular formula is C9H9BrN2O. The van der Waals surface area contributed by atoms with Crippen molar-refractivity contribution < 1.29 is 4.42 Å². The largest absolute Gasteiger partial charge is 0.439 e. The highest BCUT2D eigenvalue weighted by Crippen LogP contribution is 2.22. The number of fused-ring (bicyclic) bond motifs is 1. The average molecular weight is 241 g/mol. The van der Waals surface area contributed by atoms with E-state index in [2.05, 4.69) is 20.9 Å². The first-order valence-electron chi connectivity index (χ1n) is 3.98. The van der Waals surface area contributed by atoms with Crippen molar-refractivity contribution in [3.05, 3.63) is 28.6 Å². The Hall–Kier alpha value is -0.870. The molecule has 0 aliphatic rings. The van der Waals surface area contributed by atoms with E-state index in [0.717, 1.165) is 15.6 Å². The summed E-state index contributed by atoms with van der Waals surface area (Å²) in [7, 11) is 0. The summed E-state index contributed by atoms with van der Waals surface area (Å²) in [5.41, 5.74) is 7.26. The van der Waals surface area contributed by atoms with Crippen molar-refractivity contribution in [2.75, 3.05) is 0 Å². The fourth-order valence-electron chi connectivity index (χ4n) is 1.11. The molecule has 0 amide bonds. The van der Waals surface area contributed by atoms with Crippen molar-refractivity contribution >= 4 is 27.0 Å². The maximum Gasteiger partial charge on any atom is 0.212 e. The number of oxazole rings is 1. The topological polar surface area (TPSA) is 52.0 Å². The van der Waals surface area contributed by atoms with Crippen LogP contribution in [0, 0.1) is 0 Å². The van der Waals surface area contributed by atoms with Crippen LogP contribution in [0.15, 0.2) is 27.1 Å². The Morgan fingerprint density at radius 2 is 2.31 bits per heavy atom. The molecule has 0 unspecified atom stereocenters. The summed E-state index contributed by atoms with van der Waals surface area (Å²) in [6, 6.07) is 5.53. The number of hydrogen-bond acceptors (Lipinski definition) is 3. The maximum absolute atomic E-state index is 5.65. The van der Waals surface area contributed by atoms with Crippen molar-refractivity contribution in [2.24, 2.45) is 5.73 Å². The zero-order chi connectivity index (χ0) is 9.42. The third-order valence-corrected chi connectivity index (χ3v) is 2.25. The van der Waals surface area contributed by atoms with Crippen LogP contribution in [0.2, 0.25) is 0 Å². The fraction of sp³-hybridized carbons (Fsp3) is 0.222. The second-order valence-electron chi connectivity index (χ2n) is 2.95. The van der Waals surface area contributed by atoms with Crippen molar-refractivity contribution in [3.8, 4) is 0 Å². The number of nitrogens with zero attached hydrogens (tertiary/aromatic N) is 1. The normalized spacial score (nSPS) is 13.5. The summed E-state index contributed by atoms with van der Waals surface area (Å²) in [4.78, 5) is 4.25. The van der Waals surface area contributed by atoms with Crippen LogP contribution in [0.1, 0.15) is 18.9 Å². The smallest absolute Gasteiger partial charge is 0.212 e. The molecule has 0 spiro atoms. The zero-order valence-electron chi connectivity index (χ0n) is 7.12. The number of halogens is 1. The predicted octanol–water partition coefficient (Wildman–Crippen LogP) is 2.61. The summed E-state index contributed by atoms with van der Waals surface area (Å²) in [6.45, 7) is 1.85. The highest BCUT2D eigenvalue weighted by molar-refractivity contribution is 9.10. The Bertz CT molecular complexity index is 436. The lowest BCUT2D eigenvalue weighted by Gasteiger charge is -1.94. The van der Waals surface area contributed by atoms with Gasteiger partial charge in [-0.1, -0.05) is 15.9 Å². The van der Waals surface area contributed by atoms with E-state index in [1.807, 2.05) is 25.1 Å². The third kappa shape index (κ3) is 1.59. The molecule has 3 nitrogen and oxygen atoms in total. The Morgan fingerprint density at radius 3 is 3.00 bits per heavy atom. The molecule has 0 aliphatic carbocycles. The van der Waals surface area contributed by atoms with Gasteiger partial charge < -0.3 is 10.2 Å². The summed E-state index contributed by atoms with van der Waals surface area (Å²) >= 11 is 3.37. The second-order valence-corrected chi connectivity index (χ2v) is 3.87. The lowest BCUT2D eigenvalue weighted by molar-refractivity contribution is 0.493. The Balaban J connectivity index is 2.62. The van der Waals surface area contributed by atoms with Gasteiger partial charge in [-0.05, 0) is 25.1 Å². The first-order chi connectivity index (χ1) is 6.16. The third-order valence-electron chi connectivity index (χ3n) is 1.76. The van der Waals surface area contributed by atoms with Crippen molar-refractivity contribution in [1.82, 2.24) is 4.98 Å². The standard InChI is InChI=1S/C9H9BrN2O/c1-5(11)9-12-7-4-6(10)2-3-8(7)13-9/h2-5H,11H2,1H3/t5-/m0/s1. The average Bonchev–Trinajstić information content (AvgIpc) is 2.46. The van der Waals surface area contributed by atoms with Gasteiger partial charge in [0.05, 0.1) is 6.04 Å². The minimum absolute atomic E-state index is 0.161. The molecule has 0 aliphatic heterocycles. The fourth-order valence-corrected chi connectivity index (χ4v) is 1.46. The van der Waals surface area contributed by atoms with Crippen LogP contribution in [-0.4, -0.2) is 4.98 Å². The molecule has 2 N–H and O–H groups in total. The molecule has 0 fully saturated rings. The molecule has 1 aromatic heterocycles. The van der Waals surface area contributed by atoms with Crippen LogP contribution in [0.4, 0.5) is 0 Å². The number of aromatic nitrogens is 1. The van der Waals surface area contributed by atoms with Crippen LogP contribution in [-0.2, 0) is 0 Å². The van der Waals surface area contributed by atoms with Crippen LogP contribution in [0.25, 0.3) is 11.1 Å². The lowest BCUT2D eigenvalue weighted by atomic mass is 10.3. The maximum atomic E-state index is 5.65. The van der Waals surface area contributed by atoms with Gasteiger partial charge in [-0.25, -0.2) is 4.98 Å². The Labute approximate surface area is 84.1 Å². The molecule has 68 valence electrons. The van der Waals surface area contributed by atoms with Gasteiger partial charge in [-0.15, -0.1) is 0 Å². The van der Waals surface area contributed by atoms with Crippen LogP contribution in [0.5, 0.6) is 0 Å². The van der Waals surface area contributed by atoms with E-state index >= 15 is 0 Å². The number of hydrogen-bond donors (Lipinski definition) is 1. The van der Waals surface area contributed by atoms with E-state index < -0.39 is 0 Å². The van der Waals surface area contributed by atoms with Gasteiger partial charge in [-0.2, -0.15) is 0 Å². The monoisotopic (exact) mass is 240 g/mol. The van der Waals surface area contributed by atoms with Gasteiger partial charge in [-0.3, -0.25) is 0 Å². The predicted molar refractivity (Wildman–Crippen MR) is 54.3 cm³/mol. The Morgan fingerprint density at radius 1 is 1.54 bits per heavy atom. The minimum atomic E-state index is -0.161. The summed E-state index contributed by atoms with van der Waals surface area (Å²) in [5.74, 6) is 0.577. The summed E-state index contributed by atoms with van der Waals surface area (Å²) in [5, 5.41) is 0. The van der Waals surface area contributed by atoms with Crippen molar-refractivity contribution in [2.45, 2.75) is 13.0 Å². The lowest BCUT2D eigenvalue weighted by Crippen LogP contribution is -2.04. The van der Waals surface area contributed by atoms with Crippen molar-refractivity contribution in [1.29, 1.82) is 0 Å². The quantitative estimate of drug-likeness (QED) is 0.834. The highest BCUT2D eigenvalue weighted by Gasteiger charge is 2.08. The van der Waals surface area contributed by atoms with E-state index in [-0.39, 0.29) is 6.04 Å². The second kappa shape index (κ2) is 3.12. The highest BCUT2D eigenvalue weighted by atomic mass is 79.9. The van der Waals surface area contributed by atoms with Crippen LogP contribution < -0.4 is 5.73 Å². The minimum Gasteiger partial charge on any atom is -0.439 e. The molecule has 2 aromatic rings. The number of rotatable bonds is 1. The van der Waals surface area contributed by atoms with Gasteiger partial charge >= 0.3 is 0 Å². The van der Waals surface area contributed by atoms with Gasteiger partial charge in [0.1, 0.15) is 5.52 Å². The molecule has 13 heavy (non-hydrogen) atoms. The molecule has 0 bridgehead atoms. The van der Waals surface area contributed by atoms with E-state index in [4.69, 9.17) is 10.2 Å². The van der Waals surface area contributed by atoms with Crippen LogP contribution >= 0.6 is 15.9 Å². The Kier molecular flexibility index (Phi) is 2.09. The SMILES string of the molecule is C[C@H](N)c1nc2cc(Br)ccc2o1. The van der Waals surface area contributed by atoms with Gasteiger partial charge in [0.2, 0.25) is 5.89 Å². The number of nitrogens with two attached hydrogens (primary N) is 1. The molecule has 0 radical (unpaired) electrons. The molecular weight excluding hydrogens is 232 g/mol. The van der Waals surface area contributed by atoms with Crippen molar-refractivity contribution in [3.63, 3.8) is 0 Å². The van der Waals surface area contributed by atoms with Gasteiger partial charge in [0.15, 0.2) is 5.58 Å². The van der Waals surface area contributed by atoms with Gasteiger partial charge in [0.25, 0.3) is 0 Å². The van der Waals surface area contributed by atoms with Crippen LogP contribution in [0.3, 0.4) is 0 Å². The molecule has 1 atom stereocenters. The first kappa shape index (κ1) is 8.72. The summed E-state index contributed by atoms with van der Waals surface area (Å²) in [6.07, 6.45) is 0.